The van der Waals surface area contributed by atoms with E-state index in [1.54, 1.807) is 0 Å². The number of benzene rings is 2. The molecule has 0 saturated heterocycles. The van der Waals surface area contributed by atoms with E-state index in [9.17, 15) is 14.4 Å². The van der Waals surface area contributed by atoms with E-state index in [2.05, 4.69) is 20.3 Å². The van der Waals surface area contributed by atoms with E-state index in [4.69, 9.17) is 5.73 Å². The van der Waals surface area contributed by atoms with Crippen LogP contribution in [0, 0.1) is 0 Å². The molecule has 0 aliphatic heterocycles. The van der Waals surface area contributed by atoms with Gasteiger partial charge in [-0.05, 0) is 37.1 Å². The average Bonchev–Trinajstić information content (AvgIpc) is 3.63. The molecule has 33 heavy (non-hydrogen) atoms. The number of ketones is 1. The Labute approximate surface area is 192 Å². The number of H-pyrrole nitrogens is 1. The Bertz CT molecular complexity index is 1480. The minimum Gasteiger partial charge on any atom is -0.384 e. The maximum absolute atomic E-state index is 12.9. The van der Waals surface area contributed by atoms with Crippen LogP contribution in [-0.4, -0.2) is 31.1 Å². The number of para-hydroxylation sites is 2. The Kier molecular flexibility index (Phi) is 5.43. The molecule has 0 radical (unpaired) electrons. The van der Waals surface area contributed by atoms with Crippen molar-refractivity contribution in [3.8, 4) is 0 Å². The second kappa shape index (κ2) is 8.55. The van der Waals surface area contributed by atoms with Crippen LogP contribution in [0.3, 0.4) is 0 Å². The first kappa shape index (κ1) is 21.0. The largest absolute Gasteiger partial charge is 0.384 e. The minimum atomic E-state index is -0.772. The number of nitrogens with one attached hydrogen (secondary N) is 2. The number of anilines is 3. The van der Waals surface area contributed by atoms with Gasteiger partial charge in [0.2, 0.25) is 0 Å². The van der Waals surface area contributed by atoms with Gasteiger partial charge in [0.1, 0.15) is 17.2 Å². The van der Waals surface area contributed by atoms with Crippen LogP contribution in [0.25, 0.3) is 10.9 Å². The maximum Gasteiger partial charge on any atom is 0.330 e. The third-order valence-electron chi connectivity index (χ3n) is 5.32. The van der Waals surface area contributed by atoms with Crippen LogP contribution < -0.4 is 22.3 Å². The average molecular weight is 461 g/mol. The van der Waals surface area contributed by atoms with Crippen molar-refractivity contribution in [2.75, 3.05) is 16.8 Å². The van der Waals surface area contributed by atoms with Gasteiger partial charge in [-0.25, -0.2) is 14.8 Å². The molecule has 1 fully saturated rings. The summed E-state index contributed by atoms with van der Waals surface area (Å²) in [6.07, 6.45) is 1.58. The lowest BCUT2D eigenvalue weighted by Gasteiger charge is -2.12. The molecular weight excluding hydrogens is 440 g/mol. The predicted molar refractivity (Wildman–Crippen MR) is 128 cm³/mol. The fourth-order valence-corrected chi connectivity index (χ4v) is 4.33. The summed E-state index contributed by atoms with van der Waals surface area (Å²) in [5.74, 6) is -0.0502. The topological polar surface area (TPSA) is 136 Å². The van der Waals surface area contributed by atoms with Crippen LogP contribution in [0.2, 0.25) is 0 Å². The van der Waals surface area contributed by atoms with Gasteiger partial charge in [-0.15, -0.1) is 0 Å². The molecular formula is C23H20N6O3S. The van der Waals surface area contributed by atoms with Crippen molar-refractivity contribution in [3.05, 3.63) is 81.0 Å². The Morgan fingerprint density at radius 2 is 1.82 bits per heavy atom. The lowest BCUT2D eigenvalue weighted by Crippen LogP contribution is -2.36. The summed E-state index contributed by atoms with van der Waals surface area (Å²) in [7, 11) is 0. The zero-order valence-electron chi connectivity index (χ0n) is 17.4. The number of nitrogens with zero attached hydrogens (tertiary/aromatic N) is 3. The van der Waals surface area contributed by atoms with Gasteiger partial charge >= 0.3 is 5.69 Å². The number of aromatic amines is 1. The van der Waals surface area contributed by atoms with Gasteiger partial charge in [0, 0.05) is 17.1 Å². The number of nitrogens with two attached hydrogens (primary N) is 1. The van der Waals surface area contributed by atoms with Gasteiger partial charge in [-0.1, -0.05) is 42.1 Å². The molecule has 0 atom stereocenters. The lowest BCUT2D eigenvalue weighted by atomic mass is 10.2. The van der Waals surface area contributed by atoms with Crippen molar-refractivity contribution in [1.29, 1.82) is 0 Å². The van der Waals surface area contributed by atoms with Gasteiger partial charge in [0.05, 0.1) is 11.3 Å². The van der Waals surface area contributed by atoms with E-state index >= 15 is 0 Å². The van der Waals surface area contributed by atoms with E-state index in [1.165, 1.54) is 4.57 Å². The third-order valence-corrected chi connectivity index (χ3v) is 6.17. The van der Waals surface area contributed by atoms with Crippen molar-refractivity contribution < 1.29 is 4.79 Å². The number of hydrogen-bond donors (Lipinski definition) is 3. The van der Waals surface area contributed by atoms with E-state index in [1.807, 2.05) is 54.6 Å². The predicted octanol–water partition coefficient (Wildman–Crippen LogP) is 3.12. The molecule has 166 valence electrons. The van der Waals surface area contributed by atoms with Crippen molar-refractivity contribution in [2.24, 2.45) is 0 Å². The molecule has 1 aliphatic rings. The zero-order valence-corrected chi connectivity index (χ0v) is 18.3. The highest BCUT2D eigenvalue weighted by Gasteiger charge is 2.30. The summed E-state index contributed by atoms with van der Waals surface area (Å²) in [5, 5.41) is 4.52. The van der Waals surface area contributed by atoms with Crippen LogP contribution in [0.1, 0.15) is 29.2 Å². The Morgan fingerprint density at radius 1 is 1.09 bits per heavy atom. The van der Waals surface area contributed by atoms with Crippen molar-refractivity contribution in [2.45, 2.75) is 24.0 Å². The van der Waals surface area contributed by atoms with Crippen molar-refractivity contribution >= 4 is 45.8 Å². The van der Waals surface area contributed by atoms with Crippen LogP contribution in [0.5, 0.6) is 0 Å². The molecule has 2 aromatic carbocycles. The molecule has 2 heterocycles. The highest BCUT2D eigenvalue weighted by atomic mass is 32.2. The fourth-order valence-electron chi connectivity index (χ4n) is 3.61. The Balaban J connectivity index is 1.43. The van der Waals surface area contributed by atoms with Gasteiger partial charge in [0.25, 0.3) is 5.56 Å². The molecule has 1 aliphatic carbocycles. The second-order valence-electron chi connectivity index (χ2n) is 7.70. The number of thioether (sulfide) groups is 1. The number of rotatable bonds is 7. The third kappa shape index (κ3) is 4.24. The summed E-state index contributed by atoms with van der Waals surface area (Å²) in [6.45, 7) is 0. The Hall–Kier alpha value is -3.92. The molecule has 10 heteroatoms. The van der Waals surface area contributed by atoms with E-state index < -0.39 is 17.0 Å². The van der Waals surface area contributed by atoms with E-state index in [-0.39, 0.29) is 23.2 Å². The number of aromatic nitrogens is 4. The van der Waals surface area contributed by atoms with Crippen LogP contribution in [0.15, 0.2) is 69.3 Å². The summed E-state index contributed by atoms with van der Waals surface area (Å²) in [6, 6.07) is 17.1. The summed E-state index contributed by atoms with van der Waals surface area (Å²) in [4.78, 5) is 48.7. The number of hydrogen-bond acceptors (Lipinski definition) is 8. The normalized spacial score (nSPS) is 13.2. The smallest absolute Gasteiger partial charge is 0.330 e. The fraction of sp³-hybridized carbons (Fsp3) is 0.174. The van der Waals surface area contributed by atoms with Crippen molar-refractivity contribution in [1.82, 2.24) is 19.5 Å². The zero-order chi connectivity index (χ0) is 22.9. The van der Waals surface area contributed by atoms with E-state index in [0.29, 0.717) is 11.0 Å². The molecule has 0 amide bonds. The maximum atomic E-state index is 12.9. The first-order chi connectivity index (χ1) is 16.0. The van der Waals surface area contributed by atoms with Crippen LogP contribution in [-0.2, 0) is 0 Å². The van der Waals surface area contributed by atoms with Gasteiger partial charge < -0.3 is 11.1 Å². The highest BCUT2D eigenvalue weighted by Crippen LogP contribution is 2.35. The molecule has 2 aromatic heterocycles. The second-order valence-corrected chi connectivity index (χ2v) is 8.64. The molecule has 1 saturated carbocycles. The number of Topliss-reactive ketones (excluding diaryl/α,β-unsaturated/α-hetero) is 1. The number of carbonyl (C=O) groups is 1. The Morgan fingerprint density at radius 3 is 2.58 bits per heavy atom. The number of nitrogen functional groups attached to an aromatic ring is 1. The van der Waals surface area contributed by atoms with E-state index in [0.717, 1.165) is 41.2 Å². The number of carbonyl (C=O) groups excluding carboxylic acids is 1. The number of fused-ring (bicyclic) bond motifs is 1. The van der Waals surface area contributed by atoms with Gasteiger partial charge in [-0.2, -0.15) is 0 Å². The monoisotopic (exact) mass is 460 g/mol. The quantitative estimate of drug-likeness (QED) is 0.217. The first-order valence-electron chi connectivity index (χ1n) is 10.4. The van der Waals surface area contributed by atoms with Crippen LogP contribution in [0.4, 0.5) is 17.3 Å². The van der Waals surface area contributed by atoms with Gasteiger partial charge in [-0.3, -0.25) is 19.1 Å². The SMILES string of the molecule is Nc1c(C(=O)CSc2nc(Nc3ccccc3)c3ccccc3n2)c(=O)[nH]c(=O)n1C1CC1. The lowest BCUT2D eigenvalue weighted by molar-refractivity contribution is 0.102. The van der Waals surface area contributed by atoms with Crippen LogP contribution >= 0.6 is 11.8 Å². The molecule has 0 bridgehead atoms. The molecule has 5 rings (SSSR count). The first-order valence-corrected chi connectivity index (χ1v) is 11.4. The molecule has 9 nitrogen and oxygen atoms in total. The summed E-state index contributed by atoms with van der Waals surface area (Å²) < 4.78 is 1.30. The highest BCUT2D eigenvalue weighted by molar-refractivity contribution is 7.99. The van der Waals surface area contributed by atoms with Crippen molar-refractivity contribution in [3.63, 3.8) is 0 Å². The summed E-state index contributed by atoms with van der Waals surface area (Å²) in [5.41, 5.74) is 6.09. The van der Waals surface area contributed by atoms with Gasteiger partial charge in [0.15, 0.2) is 10.9 Å². The molecule has 0 spiro atoms. The molecule has 4 N–H and O–H groups in total. The summed E-state index contributed by atoms with van der Waals surface area (Å²) >= 11 is 1.11. The minimum absolute atomic E-state index is 0.0657. The standard InChI is InChI=1S/C23H20N6O3S/c24-19-18(21(31)28-23(32)29(19)14-10-11-14)17(30)12-33-22-26-16-9-5-4-8-15(16)20(27-22)25-13-6-2-1-3-7-13/h1-9,14H,10-12,24H2,(H,25,26,27)(H,28,31,32). The molecule has 0 unspecified atom stereocenters. The molecule has 4 aromatic rings.